The Labute approximate surface area is 105 Å². The normalized spacial score (nSPS) is 40.8. The zero-order valence-electron chi connectivity index (χ0n) is 10.7. The van der Waals surface area contributed by atoms with Crippen molar-refractivity contribution in [2.24, 2.45) is 5.92 Å². The smallest absolute Gasteiger partial charge is 0.0757 e. The molecule has 3 atom stereocenters. The van der Waals surface area contributed by atoms with Crippen molar-refractivity contribution in [3.05, 3.63) is 12.2 Å². The highest BCUT2D eigenvalue weighted by Gasteiger charge is 2.40. The van der Waals surface area contributed by atoms with Crippen LogP contribution in [0.1, 0.15) is 51.4 Å². The third kappa shape index (κ3) is 3.11. The highest BCUT2D eigenvalue weighted by molar-refractivity contribution is 5.00. The van der Waals surface area contributed by atoms with Crippen LogP contribution in [0.4, 0.5) is 0 Å². The Kier molecular flexibility index (Phi) is 3.82. The van der Waals surface area contributed by atoms with Crippen LogP contribution in [0.15, 0.2) is 12.2 Å². The Morgan fingerprint density at radius 2 is 1.94 bits per heavy atom. The summed E-state index contributed by atoms with van der Waals surface area (Å²) < 4.78 is 5.90. The van der Waals surface area contributed by atoms with E-state index in [-0.39, 0.29) is 0 Å². The molecule has 1 N–H and O–H groups in total. The first-order chi connectivity index (χ1) is 8.43. The second kappa shape index (κ2) is 5.53. The van der Waals surface area contributed by atoms with Gasteiger partial charge in [-0.1, -0.05) is 25.0 Å². The topological polar surface area (TPSA) is 21.3 Å². The van der Waals surface area contributed by atoms with Crippen LogP contribution in [0.2, 0.25) is 0 Å². The van der Waals surface area contributed by atoms with E-state index in [1.807, 2.05) is 0 Å². The van der Waals surface area contributed by atoms with Gasteiger partial charge in [-0.2, -0.15) is 0 Å². The van der Waals surface area contributed by atoms with E-state index in [1.165, 1.54) is 51.4 Å². The SMILES string of the molecule is C1=C/C(NC2CCOC2C2CC2)CCCCC/1. The molecule has 2 fully saturated rings. The molecule has 0 spiro atoms. The molecule has 3 rings (SSSR count). The molecule has 0 aromatic rings. The lowest BCUT2D eigenvalue weighted by Gasteiger charge is -2.25. The molecule has 17 heavy (non-hydrogen) atoms. The summed E-state index contributed by atoms with van der Waals surface area (Å²) in [7, 11) is 0. The maximum absolute atomic E-state index is 5.90. The first kappa shape index (κ1) is 11.7. The average Bonchev–Trinajstić information content (AvgIpc) is 3.03. The summed E-state index contributed by atoms with van der Waals surface area (Å²) >= 11 is 0. The fourth-order valence-electron chi connectivity index (χ4n) is 3.25. The van der Waals surface area contributed by atoms with Gasteiger partial charge in [0.05, 0.1) is 6.10 Å². The van der Waals surface area contributed by atoms with Gasteiger partial charge in [-0.15, -0.1) is 0 Å². The summed E-state index contributed by atoms with van der Waals surface area (Å²) in [6.07, 6.45) is 16.0. The molecule has 1 saturated carbocycles. The van der Waals surface area contributed by atoms with Crippen LogP contribution in [-0.2, 0) is 4.74 Å². The number of allylic oxidation sites excluding steroid dienone is 1. The summed E-state index contributed by atoms with van der Waals surface area (Å²) in [6.45, 7) is 0.968. The van der Waals surface area contributed by atoms with E-state index in [9.17, 15) is 0 Å². The predicted molar refractivity (Wildman–Crippen MR) is 70.0 cm³/mol. The zero-order chi connectivity index (χ0) is 11.5. The number of rotatable bonds is 3. The number of nitrogens with one attached hydrogen (secondary N) is 1. The highest BCUT2D eigenvalue weighted by Crippen LogP contribution is 2.39. The van der Waals surface area contributed by atoms with E-state index in [1.54, 1.807) is 0 Å². The Morgan fingerprint density at radius 1 is 1.00 bits per heavy atom. The van der Waals surface area contributed by atoms with Gasteiger partial charge in [-0.25, -0.2) is 0 Å². The lowest BCUT2D eigenvalue weighted by atomic mass is 9.99. The van der Waals surface area contributed by atoms with E-state index in [0.717, 1.165) is 12.5 Å². The molecule has 0 aromatic carbocycles. The van der Waals surface area contributed by atoms with E-state index in [2.05, 4.69) is 17.5 Å². The van der Waals surface area contributed by atoms with Crippen LogP contribution in [-0.4, -0.2) is 24.8 Å². The lowest BCUT2D eigenvalue weighted by molar-refractivity contribution is 0.0796. The molecule has 2 heteroatoms. The van der Waals surface area contributed by atoms with Crippen molar-refractivity contribution in [3.63, 3.8) is 0 Å². The summed E-state index contributed by atoms with van der Waals surface area (Å²) in [4.78, 5) is 0. The monoisotopic (exact) mass is 235 g/mol. The number of ether oxygens (including phenoxy) is 1. The van der Waals surface area contributed by atoms with Crippen molar-refractivity contribution in [3.8, 4) is 0 Å². The van der Waals surface area contributed by atoms with E-state index >= 15 is 0 Å². The van der Waals surface area contributed by atoms with Crippen molar-refractivity contribution in [2.45, 2.75) is 69.6 Å². The second-order valence-electron chi connectivity index (χ2n) is 5.91. The van der Waals surface area contributed by atoms with E-state index in [4.69, 9.17) is 4.74 Å². The molecule has 2 aliphatic carbocycles. The van der Waals surface area contributed by atoms with Crippen molar-refractivity contribution < 1.29 is 4.74 Å². The van der Waals surface area contributed by atoms with Crippen LogP contribution in [0.5, 0.6) is 0 Å². The van der Waals surface area contributed by atoms with Crippen molar-refractivity contribution in [1.29, 1.82) is 0 Å². The molecule has 1 heterocycles. The summed E-state index contributed by atoms with van der Waals surface area (Å²) in [5.41, 5.74) is 0. The number of hydrogen-bond donors (Lipinski definition) is 1. The molecule has 3 aliphatic rings. The van der Waals surface area contributed by atoms with Gasteiger partial charge >= 0.3 is 0 Å². The Balaban J connectivity index is 1.55. The summed E-state index contributed by atoms with van der Waals surface area (Å²) in [5.74, 6) is 0.868. The Bertz CT molecular complexity index is 272. The fraction of sp³-hybridized carbons (Fsp3) is 0.867. The first-order valence-corrected chi connectivity index (χ1v) is 7.48. The van der Waals surface area contributed by atoms with E-state index in [0.29, 0.717) is 18.2 Å². The molecular formula is C15H25NO. The minimum atomic E-state index is 0.522. The summed E-state index contributed by atoms with van der Waals surface area (Å²) in [5, 5.41) is 3.85. The Morgan fingerprint density at radius 3 is 2.82 bits per heavy atom. The van der Waals surface area contributed by atoms with Gasteiger partial charge in [0.15, 0.2) is 0 Å². The molecule has 2 nitrogen and oxygen atoms in total. The third-order valence-corrected chi connectivity index (χ3v) is 4.40. The molecule has 0 radical (unpaired) electrons. The third-order valence-electron chi connectivity index (χ3n) is 4.40. The lowest BCUT2D eigenvalue weighted by Crippen LogP contribution is -2.43. The van der Waals surface area contributed by atoms with Crippen LogP contribution in [0.25, 0.3) is 0 Å². The molecular weight excluding hydrogens is 210 g/mol. The van der Waals surface area contributed by atoms with Crippen LogP contribution in [0.3, 0.4) is 0 Å². The standard InChI is InChI=1S/C15H25NO/c1-2-4-6-13(7-5-3-1)16-14-10-11-17-15(14)12-8-9-12/h4,6,12-16H,1-3,5,7-11H2/b6-4+. The maximum Gasteiger partial charge on any atom is 0.0757 e. The van der Waals surface area contributed by atoms with Crippen molar-refractivity contribution in [2.75, 3.05) is 6.61 Å². The Hall–Kier alpha value is -0.340. The predicted octanol–water partition coefficient (Wildman–Crippen LogP) is 3.03. The molecule has 0 aromatic heterocycles. The number of hydrogen-bond acceptors (Lipinski definition) is 2. The molecule has 0 amide bonds. The van der Waals surface area contributed by atoms with Crippen LogP contribution < -0.4 is 5.32 Å². The zero-order valence-corrected chi connectivity index (χ0v) is 10.7. The first-order valence-electron chi connectivity index (χ1n) is 7.48. The van der Waals surface area contributed by atoms with Gasteiger partial charge in [0.1, 0.15) is 0 Å². The minimum Gasteiger partial charge on any atom is -0.376 e. The largest absolute Gasteiger partial charge is 0.376 e. The molecule has 3 unspecified atom stereocenters. The van der Waals surface area contributed by atoms with Gasteiger partial charge in [0.2, 0.25) is 0 Å². The minimum absolute atomic E-state index is 0.522. The fourth-order valence-corrected chi connectivity index (χ4v) is 3.25. The van der Waals surface area contributed by atoms with Crippen LogP contribution >= 0.6 is 0 Å². The van der Waals surface area contributed by atoms with Crippen molar-refractivity contribution in [1.82, 2.24) is 5.32 Å². The molecule has 1 aliphatic heterocycles. The highest BCUT2D eigenvalue weighted by atomic mass is 16.5. The van der Waals surface area contributed by atoms with Crippen molar-refractivity contribution >= 4 is 0 Å². The van der Waals surface area contributed by atoms with Crippen LogP contribution in [0, 0.1) is 5.92 Å². The van der Waals surface area contributed by atoms with E-state index < -0.39 is 0 Å². The van der Waals surface area contributed by atoms with Gasteiger partial charge in [0.25, 0.3) is 0 Å². The maximum atomic E-state index is 5.90. The average molecular weight is 235 g/mol. The molecule has 96 valence electrons. The van der Waals surface area contributed by atoms with Gasteiger partial charge in [-0.05, 0) is 44.4 Å². The molecule has 1 saturated heterocycles. The van der Waals surface area contributed by atoms with Gasteiger partial charge < -0.3 is 10.1 Å². The van der Waals surface area contributed by atoms with Gasteiger partial charge in [0, 0.05) is 18.7 Å². The summed E-state index contributed by atoms with van der Waals surface area (Å²) in [6, 6.07) is 1.22. The second-order valence-corrected chi connectivity index (χ2v) is 5.91. The quantitative estimate of drug-likeness (QED) is 0.759. The van der Waals surface area contributed by atoms with Gasteiger partial charge in [-0.3, -0.25) is 0 Å². The molecule has 0 bridgehead atoms.